The van der Waals surface area contributed by atoms with Gasteiger partial charge in [0.1, 0.15) is 0 Å². The smallest absolute Gasteiger partial charge is 0.244 e. The van der Waals surface area contributed by atoms with Crippen LogP contribution in [0.3, 0.4) is 0 Å². The second-order valence-electron chi connectivity index (χ2n) is 6.40. The van der Waals surface area contributed by atoms with E-state index < -0.39 is 0 Å². The second kappa shape index (κ2) is 6.45. The Bertz CT molecular complexity index is 724. The molecule has 0 spiro atoms. The summed E-state index contributed by atoms with van der Waals surface area (Å²) in [7, 11) is 0. The van der Waals surface area contributed by atoms with Crippen molar-refractivity contribution in [2.45, 2.75) is 45.7 Å². The summed E-state index contributed by atoms with van der Waals surface area (Å²) in [5.74, 6) is -0.0578. The van der Waals surface area contributed by atoms with E-state index in [9.17, 15) is 4.79 Å². The van der Waals surface area contributed by atoms with Gasteiger partial charge in [-0.2, -0.15) is 0 Å². The third-order valence-corrected chi connectivity index (χ3v) is 4.51. The number of nitrogens with zero attached hydrogens (tertiary/aromatic N) is 1. The van der Waals surface area contributed by atoms with Gasteiger partial charge in [-0.3, -0.25) is 4.79 Å². The molecule has 1 N–H and O–H groups in total. The quantitative estimate of drug-likeness (QED) is 0.820. The average molecular weight is 308 g/mol. The summed E-state index contributed by atoms with van der Waals surface area (Å²) in [6, 6.07) is 12.8. The van der Waals surface area contributed by atoms with Crippen molar-refractivity contribution in [1.29, 1.82) is 0 Å². The summed E-state index contributed by atoms with van der Waals surface area (Å²) in [4.78, 5) is 12.1. The standard InChI is InChI=1S/C20H24N2O/c1-14-13-18(16(3)22(14)19-10-11-19)9-12-20(23)21-15(2)17-7-5-4-6-8-17/h4-9,12-13,15,19H,10-11H2,1-3H3,(H,21,23)/b12-9+/t15-/m0/s1. The second-order valence-corrected chi connectivity index (χ2v) is 6.40. The van der Waals surface area contributed by atoms with Gasteiger partial charge in [-0.15, -0.1) is 0 Å². The molecule has 1 heterocycles. The molecule has 1 atom stereocenters. The molecule has 1 aliphatic carbocycles. The van der Waals surface area contributed by atoms with E-state index in [0.29, 0.717) is 6.04 Å². The van der Waals surface area contributed by atoms with Crippen molar-refractivity contribution in [2.24, 2.45) is 0 Å². The highest BCUT2D eigenvalue weighted by molar-refractivity contribution is 5.92. The first-order valence-electron chi connectivity index (χ1n) is 8.28. The fraction of sp³-hybridized carbons (Fsp3) is 0.350. The van der Waals surface area contributed by atoms with E-state index in [-0.39, 0.29) is 11.9 Å². The number of aromatic nitrogens is 1. The lowest BCUT2D eigenvalue weighted by atomic mass is 10.1. The van der Waals surface area contributed by atoms with E-state index in [0.717, 1.165) is 11.1 Å². The van der Waals surface area contributed by atoms with Crippen molar-refractivity contribution < 1.29 is 4.79 Å². The first-order valence-corrected chi connectivity index (χ1v) is 8.28. The summed E-state index contributed by atoms with van der Waals surface area (Å²) in [5.41, 5.74) is 4.78. The van der Waals surface area contributed by atoms with E-state index in [1.165, 1.54) is 24.2 Å². The minimum absolute atomic E-state index is 0.00671. The van der Waals surface area contributed by atoms with Crippen LogP contribution in [-0.2, 0) is 4.79 Å². The third kappa shape index (κ3) is 3.55. The molecule has 1 amide bonds. The number of carbonyl (C=O) groups excluding carboxylic acids is 1. The minimum Gasteiger partial charge on any atom is -0.346 e. The number of amides is 1. The van der Waals surface area contributed by atoms with Gasteiger partial charge < -0.3 is 9.88 Å². The molecule has 23 heavy (non-hydrogen) atoms. The van der Waals surface area contributed by atoms with Crippen LogP contribution < -0.4 is 5.32 Å². The van der Waals surface area contributed by atoms with E-state index in [4.69, 9.17) is 0 Å². The Balaban J connectivity index is 1.66. The van der Waals surface area contributed by atoms with Crippen molar-refractivity contribution in [3.63, 3.8) is 0 Å². The molecule has 1 aromatic heterocycles. The van der Waals surface area contributed by atoms with E-state index in [1.807, 2.05) is 43.3 Å². The van der Waals surface area contributed by atoms with Crippen molar-refractivity contribution in [3.05, 3.63) is 65.0 Å². The molecule has 1 aromatic carbocycles. The lowest BCUT2D eigenvalue weighted by Crippen LogP contribution is -2.24. The zero-order valence-electron chi connectivity index (χ0n) is 14.0. The summed E-state index contributed by atoms with van der Waals surface area (Å²) in [5, 5.41) is 3.01. The molecule has 1 fully saturated rings. The molecule has 120 valence electrons. The number of hydrogen-bond donors (Lipinski definition) is 1. The Morgan fingerprint density at radius 1 is 1.26 bits per heavy atom. The number of carbonyl (C=O) groups is 1. The molecule has 0 unspecified atom stereocenters. The molecule has 1 aliphatic rings. The third-order valence-electron chi connectivity index (χ3n) is 4.51. The van der Waals surface area contributed by atoms with Crippen LogP contribution in [0.25, 0.3) is 6.08 Å². The monoisotopic (exact) mass is 308 g/mol. The summed E-state index contributed by atoms with van der Waals surface area (Å²) in [6.45, 7) is 6.27. The molecular weight excluding hydrogens is 284 g/mol. The normalized spacial score (nSPS) is 15.8. The maximum Gasteiger partial charge on any atom is 0.244 e. The Morgan fingerprint density at radius 2 is 1.96 bits per heavy atom. The van der Waals surface area contributed by atoms with Crippen molar-refractivity contribution >= 4 is 12.0 Å². The molecule has 0 radical (unpaired) electrons. The SMILES string of the molecule is Cc1cc(/C=C/C(=O)N[C@@H](C)c2ccccc2)c(C)n1C1CC1. The topological polar surface area (TPSA) is 34.0 Å². The van der Waals surface area contributed by atoms with Gasteiger partial charge in [0, 0.05) is 23.5 Å². The number of rotatable bonds is 5. The van der Waals surface area contributed by atoms with E-state index in [2.05, 4.69) is 29.8 Å². The predicted octanol–water partition coefficient (Wildman–Crippen LogP) is 4.33. The molecule has 3 heteroatoms. The van der Waals surface area contributed by atoms with E-state index >= 15 is 0 Å². The average Bonchev–Trinajstić information content (AvgIpc) is 3.32. The van der Waals surface area contributed by atoms with Crippen molar-refractivity contribution in [2.75, 3.05) is 0 Å². The zero-order chi connectivity index (χ0) is 16.4. The van der Waals surface area contributed by atoms with Crippen LogP contribution in [-0.4, -0.2) is 10.5 Å². The number of nitrogens with one attached hydrogen (secondary N) is 1. The van der Waals surface area contributed by atoms with Gasteiger partial charge in [0.05, 0.1) is 6.04 Å². The zero-order valence-corrected chi connectivity index (χ0v) is 14.0. The largest absolute Gasteiger partial charge is 0.346 e. The van der Waals surface area contributed by atoms with Crippen LogP contribution >= 0.6 is 0 Å². The highest BCUT2D eigenvalue weighted by Crippen LogP contribution is 2.38. The van der Waals surface area contributed by atoms with Crippen LogP contribution in [0.1, 0.15) is 54.4 Å². The summed E-state index contributed by atoms with van der Waals surface area (Å²) in [6.07, 6.45) is 6.11. The van der Waals surface area contributed by atoms with Gasteiger partial charge in [0.2, 0.25) is 5.91 Å². The van der Waals surface area contributed by atoms with Crippen LogP contribution in [0.2, 0.25) is 0 Å². The first kappa shape index (κ1) is 15.6. The highest BCUT2D eigenvalue weighted by Gasteiger charge is 2.26. The highest BCUT2D eigenvalue weighted by atomic mass is 16.1. The first-order chi connectivity index (χ1) is 11.1. The Hall–Kier alpha value is -2.29. The Labute approximate surface area is 138 Å². The molecular formula is C20H24N2O. The molecule has 0 saturated heterocycles. The Morgan fingerprint density at radius 3 is 2.61 bits per heavy atom. The molecule has 3 rings (SSSR count). The lowest BCUT2D eigenvalue weighted by Gasteiger charge is -2.12. The number of benzene rings is 1. The van der Waals surface area contributed by atoms with Crippen LogP contribution in [0.15, 0.2) is 42.5 Å². The van der Waals surface area contributed by atoms with Crippen molar-refractivity contribution in [3.8, 4) is 0 Å². The van der Waals surface area contributed by atoms with Gasteiger partial charge in [-0.1, -0.05) is 30.3 Å². The molecule has 3 nitrogen and oxygen atoms in total. The van der Waals surface area contributed by atoms with Gasteiger partial charge in [0.15, 0.2) is 0 Å². The van der Waals surface area contributed by atoms with Crippen LogP contribution in [0.5, 0.6) is 0 Å². The fourth-order valence-corrected chi connectivity index (χ4v) is 3.12. The fourth-order valence-electron chi connectivity index (χ4n) is 3.12. The van der Waals surface area contributed by atoms with Crippen molar-refractivity contribution in [1.82, 2.24) is 9.88 Å². The van der Waals surface area contributed by atoms with E-state index in [1.54, 1.807) is 6.08 Å². The summed E-state index contributed by atoms with van der Waals surface area (Å²) >= 11 is 0. The number of aryl methyl sites for hydroxylation is 1. The summed E-state index contributed by atoms with van der Waals surface area (Å²) < 4.78 is 2.39. The maximum absolute atomic E-state index is 12.1. The van der Waals surface area contributed by atoms with Gasteiger partial charge >= 0.3 is 0 Å². The van der Waals surface area contributed by atoms with Gasteiger partial charge in [0.25, 0.3) is 0 Å². The minimum atomic E-state index is -0.0578. The Kier molecular flexibility index (Phi) is 4.37. The van der Waals surface area contributed by atoms with Gasteiger partial charge in [-0.25, -0.2) is 0 Å². The predicted molar refractivity (Wildman–Crippen MR) is 94.2 cm³/mol. The maximum atomic E-state index is 12.1. The van der Waals surface area contributed by atoms with Crippen LogP contribution in [0, 0.1) is 13.8 Å². The van der Waals surface area contributed by atoms with Crippen LogP contribution in [0.4, 0.5) is 0 Å². The molecule has 1 saturated carbocycles. The molecule has 0 aliphatic heterocycles. The molecule has 2 aromatic rings. The van der Waals surface area contributed by atoms with Gasteiger partial charge in [-0.05, 0) is 56.9 Å². The lowest BCUT2D eigenvalue weighted by molar-refractivity contribution is -0.117. The number of hydrogen-bond acceptors (Lipinski definition) is 1. The molecule has 0 bridgehead atoms.